The van der Waals surface area contributed by atoms with E-state index in [9.17, 15) is 9.59 Å². The zero-order chi connectivity index (χ0) is 31.3. The molecule has 240 valence electrons. The van der Waals surface area contributed by atoms with Gasteiger partial charge in [-0.15, -0.1) is 0 Å². The van der Waals surface area contributed by atoms with E-state index in [1.165, 1.54) is 31.7 Å². The molecule has 3 aromatic rings. The first-order chi connectivity index (χ1) is 21.4. The van der Waals surface area contributed by atoms with Crippen molar-refractivity contribution in [1.82, 2.24) is 9.47 Å². The summed E-state index contributed by atoms with van der Waals surface area (Å²) >= 11 is 12.6. The second kappa shape index (κ2) is 17.7. The van der Waals surface area contributed by atoms with Gasteiger partial charge in [-0.3, -0.25) is 19.1 Å². The summed E-state index contributed by atoms with van der Waals surface area (Å²) in [5, 5.41) is 2.11. The van der Waals surface area contributed by atoms with Crippen molar-refractivity contribution in [2.45, 2.75) is 84.3 Å². The van der Waals surface area contributed by atoms with Crippen molar-refractivity contribution in [3.05, 3.63) is 68.9 Å². The number of benzene rings is 2. The van der Waals surface area contributed by atoms with Crippen LogP contribution in [0.15, 0.2) is 53.3 Å². The zero-order valence-electron chi connectivity index (χ0n) is 26.2. The zero-order valence-corrected chi connectivity index (χ0v) is 27.8. The van der Waals surface area contributed by atoms with Crippen molar-refractivity contribution in [3.63, 3.8) is 0 Å². The highest BCUT2D eigenvalue weighted by Crippen LogP contribution is 2.33. The quantitative estimate of drug-likeness (QED) is 0.109. The van der Waals surface area contributed by atoms with Gasteiger partial charge in [-0.25, -0.2) is 0 Å². The maximum atomic E-state index is 12.8. The molecule has 0 aliphatic carbocycles. The van der Waals surface area contributed by atoms with Crippen LogP contribution in [0.2, 0.25) is 10.0 Å². The average molecular weight is 645 g/mol. The average Bonchev–Trinajstić information content (AvgIpc) is 3.02. The van der Waals surface area contributed by atoms with Crippen LogP contribution in [0.1, 0.15) is 84.3 Å². The van der Waals surface area contributed by atoms with E-state index in [4.69, 9.17) is 32.7 Å². The van der Waals surface area contributed by atoms with E-state index in [1.807, 2.05) is 36.4 Å². The summed E-state index contributed by atoms with van der Waals surface area (Å²) in [6.45, 7) is 9.36. The van der Waals surface area contributed by atoms with E-state index in [1.54, 1.807) is 17.6 Å². The summed E-state index contributed by atoms with van der Waals surface area (Å²) in [5.74, 6) is 0.433. The fourth-order valence-electron chi connectivity index (χ4n) is 5.80. The van der Waals surface area contributed by atoms with Gasteiger partial charge in [0.25, 0.3) is 5.56 Å². The molecule has 1 fully saturated rings. The maximum Gasteiger partial charge on any atom is 0.307 e. The summed E-state index contributed by atoms with van der Waals surface area (Å²) in [6.07, 6.45) is 9.58. The van der Waals surface area contributed by atoms with Crippen LogP contribution in [0.3, 0.4) is 0 Å². The Labute approximate surface area is 272 Å². The van der Waals surface area contributed by atoms with Crippen LogP contribution in [-0.4, -0.2) is 54.8 Å². The van der Waals surface area contributed by atoms with Crippen molar-refractivity contribution in [1.29, 1.82) is 0 Å². The Morgan fingerprint density at radius 3 is 2.39 bits per heavy atom. The van der Waals surface area contributed by atoms with Gasteiger partial charge in [-0.2, -0.15) is 0 Å². The van der Waals surface area contributed by atoms with Crippen LogP contribution in [0, 0.1) is 0 Å². The lowest BCUT2D eigenvalue weighted by atomic mass is 10.1. The minimum absolute atomic E-state index is 0.205. The molecule has 0 bridgehead atoms. The van der Waals surface area contributed by atoms with Crippen LogP contribution in [0.25, 0.3) is 10.9 Å². The van der Waals surface area contributed by atoms with Crippen molar-refractivity contribution in [3.8, 4) is 5.75 Å². The number of pyridine rings is 1. The van der Waals surface area contributed by atoms with Gasteiger partial charge in [0.1, 0.15) is 5.75 Å². The number of carbonyl (C=O) groups excluding carboxylic acids is 1. The summed E-state index contributed by atoms with van der Waals surface area (Å²) in [4.78, 5) is 30.1. The number of aromatic nitrogens is 1. The van der Waals surface area contributed by atoms with Gasteiger partial charge in [0.2, 0.25) is 0 Å². The lowest BCUT2D eigenvalue weighted by Gasteiger charge is -2.36. The van der Waals surface area contributed by atoms with E-state index in [-0.39, 0.29) is 11.5 Å². The molecule has 2 aromatic carbocycles. The molecule has 2 heterocycles. The second-order valence-electron chi connectivity index (χ2n) is 11.7. The fourth-order valence-corrected chi connectivity index (χ4v) is 6.22. The predicted octanol–water partition coefficient (Wildman–Crippen LogP) is 8.49. The normalized spacial score (nSPS) is 14.6. The Morgan fingerprint density at radius 2 is 1.61 bits per heavy atom. The molecule has 44 heavy (non-hydrogen) atoms. The number of piperazine rings is 1. The molecule has 1 aromatic heterocycles. The fraction of sp³-hybridized carbons (Fsp3) is 0.543. The molecule has 1 atom stereocenters. The smallest absolute Gasteiger partial charge is 0.307 e. The summed E-state index contributed by atoms with van der Waals surface area (Å²) < 4.78 is 13.3. The summed E-state index contributed by atoms with van der Waals surface area (Å²) in [6, 6.07) is 14.8. The number of hydrogen-bond donors (Lipinski definition) is 0. The third-order valence-electron chi connectivity index (χ3n) is 8.34. The highest BCUT2D eigenvalue weighted by atomic mass is 35.5. The molecule has 4 rings (SSSR count). The minimum Gasteiger partial charge on any atom is -0.494 e. The van der Waals surface area contributed by atoms with Crippen molar-refractivity contribution in [2.24, 2.45) is 0 Å². The molecular weight excluding hydrogens is 597 g/mol. The van der Waals surface area contributed by atoms with Gasteiger partial charge in [-0.1, -0.05) is 74.7 Å². The van der Waals surface area contributed by atoms with Gasteiger partial charge >= 0.3 is 5.97 Å². The van der Waals surface area contributed by atoms with Crippen LogP contribution in [-0.2, 0) is 9.53 Å². The van der Waals surface area contributed by atoms with Crippen LogP contribution in [0.4, 0.5) is 5.69 Å². The number of hydrogen-bond acceptors (Lipinski definition) is 6. The Morgan fingerprint density at radius 1 is 0.886 bits per heavy atom. The Bertz CT molecular complexity index is 1400. The number of unbranched alkanes of at least 4 members (excludes halogenated alkanes) is 7. The number of halogens is 2. The number of ether oxygens (including phenoxy) is 2. The number of nitrogens with zero attached hydrogens (tertiary/aromatic N) is 3. The van der Waals surface area contributed by atoms with Gasteiger partial charge < -0.3 is 14.4 Å². The molecule has 0 radical (unpaired) electrons. The third kappa shape index (κ3) is 9.88. The van der Waals surface area contributed by atoms with Crippen LogP contribution < -0.4 is 15.2 Å². The minimum atomic E-state index is -0.700. The molecule has 1 unspecified atom stereocenters. The van der Waals surface area contributed by atoms with E-state index < -0.39 is 6.23 Å². The molecule has 1 aliphatic rings. The summed E-state index contributed by atoms with van der Waals surface area (Å²) in [7, 11) is 0. The van der Waals surface area contributed by atoms with Crippen LogP contribution >= 0.6 is 23.2 Å². The standard InChI is InChI=1S/C35H47Cl2N3O4/c1-3-4-5-6-7-8-9-15-34(42)44-27(2)40-32-26-29(18-16-28(32)17-19-33(40)41)43-25-11-10-20-38-21-23-39(24-22-38)31-14-12-13-30(36)35(31)37/h12-14,16-19,26-27H,3-11,15,20-25H2,1-2H3. The van der Waals surface area contributed by atoms with Crippen molar-refractivity contribution >= 4 is 45.8 Å². The molecule has 0 saturated carbocycles. The molecular formula is C35H47Cl2N3O4. The monoisotopic (exact) mass is 643 g/mol. The molecule has 0 spiro atoms. The molecule has 0 N–H and O–H groups in total. The van der Waals surface area contributed by atoms with E-state index >= 15 is 0 Å². The Hall–Kier alpha value is -2.74. The SMILES string of the molecule is CCCCCCCCCC(=O)OC(C)n1c(=O)ccc2ccc(OCCCCN3CCN(c4cccc(Cl)c4Cl)CC3)cc21. The van der Waals surface area contributed by atoms with E-state index in [2.05, 4.69) is 16.7 Å². The van der Waals surface area contributed by atoms with Crippen molar-refractivity contribution in [2.75, 3.05) is 44.2 Å². The number of fused-ring (bicyclic) bond motifs is 1. The largest absolute Gasteiger partial charge is 0.494 e. The first kappa shape index (κ1) is 34.1. The van der Waals surface area contributed by atoms with Crippen LogP contribution in [0.5, 0.6) is 5.75 Å². The van der Waals surface area contributed by atoms with Gasteiger partial charge in [-0.05, 0) is 68.4 Å². The lowest BCUT2D eigenvalue weighted by molar-refractivity contribution is -0.152. The van der Waals surface area contributed by atoms with Gasteiger partial charge in [0.05, 0.1) is 27.9 Å². The number of rotatable bonds is 17. The number of esters is 1. The first-order valence-corrected chi connectivity index (χ1v) is 17.0. The van der Waals surface area contributed by atoms with E-state index in [0.717, 1.165) is 75.9 Å². The Kier molecular flexibility index (Phi) is 13.7. The molecule has 1 saturated heterocycles. The molecule has 1 aliphatic heterocycles. The van der Waals surface area contributed by atoms with Crippen molar-refractivity contribution < 1.29 is 14.3 Å². The Balaban J connectivity index is 1.21. The third-order valence-corrected chi connectivity index (χ3v) is 9.14. The highest BCUT2D eigenvalue weighted by molar-refractivity contribution is 6.43. The van der Waals surface area contributed by atoms with E-state index in [0.29, 0.717) is 34.3 Å². The maximum absolute atomic E-state index is 12.8. The molecule has 0 amide bonds. The topological polar surface area (TPSA) is 64.0 Å². The number of carbonyl (C=O) groups is 1. The summed E-state index contributed by atoms with van der Waals surface area (Å²) in [5.41, 5.74) is 1.50. The lowest BCUT2D eigenvalue weighted by Crippen LogP contribution is -2.46. The molecule has 7 nitrogen and oxygen atoms in total. The van der Waals surface area contributed by atoms with Gasteiger partial charge in [0, 0.05) is 44.7 Å². The van der Waals surface area contributed by atoms with Gasteiger partial charge in [0.15, 0.2) is 6.23 Å². The highest BCUT2D eigenvalue weighted by Gasteiger charge is 2.20. The second-order valence-corrected chi connectivity index (χ2v) is 12.5. The predicted molar refractivity (Wildman–Crippen MR) is 181 cm³/mol. The number of anilines is 1. The first-order valence-electron chi connectivity index (χ1n) is 16.3. The molecule has 9 heteroatoms.